The second kappa shape index (κ2) is 5.23. The van der Waals surface area contributed by atoms with Gasteiger partial charge in [-0.3, -0.25) is 4.90 Å². The maximum absolute atomic E-state index is 12.0. The predicted molar refractivity (Wildman–Crippen MR) is 70.8 cm³/mol. The molecule has 2 rings (SSSR count). The van der Waals surface area contributed by atoms with E-state index in [1.54, 1.807) is 11.2 Å². The van der Waals surface area contributed by atoms with Crippen molar-refractivity contribution in [2.75, 3.05) is 6.54 Å². The summed E-state index contributed by atoms with van der Waals surface area (Å²) in [7, 11) is 0. The van der Waals surface area contributed by atoms with E-state index in [1.165, 1.54) is 12.8 Å². The summed E-state index contributed by atoms with van der Waals surface area (Å²) in [6.45, 7) is 8.40. The van der Waals surface area contributed by atoms with Crippen molar-refractivity contribution >= 4 is 6.09 Å². The van der Waals surface area contributed by atoms with Crippen LogP contribution >= 0.6 is 0 Å². The second-order valence-corrected chi connectivity index (χ2v) is 5.93. The van der Waals surface area contributed by atoms with E-state index in [9.17, 15) is 4.79 Å². The molecule has 1 aliphatic carbocycles. The summed E-state index contributed by atoms with van der Waals surface area (Å²) < 4.78 is 10.8. The number of hydrogen-bond donors (Lipinski definition) is 0. The van der Waals surface area contributed by atoms with Gasteiger partial charge in [0.05, 0.1) is 5.69 Å². The van der Waals surface area contributed by atoms with Crippen molar-refractivity contribution < 1.29 is 13.9 Å². The number of nitrogens with zero attached hydrogens (tertiary/aromatic N) is 2. The SMILES string of the molecule is CCN(Cc1nc(C2CC2)co1)C(=O)OC(C)(C)C. The van der Waals surface area contributed by atoms with Gasteiger partial charge in [0.1, 0.15) is 18.4 Å². The molecule has 0 aromatic carbocycles. The van der Waals surface area contributed by atoms with Gasteiger partial charge in [-0.1, -0.05) is 0 Å². The Morgan fingerprint density at radius 3 is 2.74 bits per heavy atom. The summed E-state index contributed by atoms with van der Waals surface area (Å²) in [5, 5.41) is 0. The van der Waals surface area contributed by atoms with Crippen LogP contribution in [0.2, 0.25) is 0 Å². The Balaban J connectivity index is 1.95. The molecule has 106 valence electrons. The van der Waals surface area contributed by atoms with Crippen LogP contribution in [0, 0.1) is 0 Å². The van der Waals surface area contributed by atoms with Crippen LogP contribution < -0.4 is 0 Å². The molecular formula is C14H22N2O3. The number of oxazole rings is 1. The Hall–Kier alpha value is -1.52. The van der Waals surface area contributed by atoms with Crippen molar-refractivity contribution in [3.63, 3.8) is 0 Å². The molecule has 5 nitrogen and oxygen atoms in total. The number of rotatable bonds is 4. The monoisotopic (exact) mass is 266 g/mol. The third-order valence-electron chi connectivity index (χ3n) is 2.92. The maximum atomic E-state index is 12.0. The Morgan fingerprint density at radius 1 is 1.53 bits per heavy atom. The van der Waals surface area contributed by atoms with Crippen molar-refractivity contribution in [3.8, 4) is 0 Å². The van der Waals surface area contributed by atoms with Gasteiger partial charge in [0.25, 0.3) is 0 Å². The fraction of sp³-hybridized carbons (Fsp3) is 0.714. The zero-order chi connectivity index (χ0) is 14.0. The number of carbonyl (C=O) groups excluding carboxylic acids is 1. The fourth-order valence-electron chi connectivity index (χ4n) is 1.76. The predicted octanol–water partition coefficient (Wildman–Crippen LogP) is 3.31. The van der Waals surface area contributed by atoms with Crippen LogP contribution in [0.25, 0.3) is 0 Å². The standard InChI is InChI=1S/C14H22N2O3/c1-5-16(13(17)19-14(2,3)4)8-12-15-11(9-18-12)10-6-7-10/h9-10H,5-8H2,1-4H3. The first-order valence-electron chi connectivity index (χ1n) is 6.81. The molecule has 0 spiro atoms. The van der Waals surface area contributed by atoms with Crippen molar-refractivity contribution in [1.29, 1.82) is 0 Å². The van der Waals surface area contributed by atoms with Crippen LogP contribution in [0.4, 0.5) is 4.79 Å². The van der Waals surface area contributed by atoms with Crippen LogP contribution in [0.1, 0.15) is 58.0 Å². The summed E-state index contributed by atoms with van der Waals surface area (Å²) >= 11 is 0. The van der Waals surface area contributed by atoms with Crippen LogP contribution in [-0.4, -0.2) is 28.1 Å². The highest BCUT2D eigenvalue weighted by Gasteiger charge is 2.28. The van der Waals surface area contributed by atoms with Gasteiger partial charge in [-0.05, 0) is 40.5 Å². The van der Waals surface area contributed by atoms with E-state index in [4.69, 9.17) is 9.15 Å². The molecule has 0 unspecified atom stereocenters. The minimum Gasteiger partial charge on any atom is -0.447 e. The van der Waals surface area contributed by atoms with Crippen LogP contribution in [-0.2, 0) is 11.3 Å². The minimum atomic E-state index is -0.486. The molecule has 1 aromatic rings. The highest BCUT2D eigenvalue weighted by atomic mass is 16.6. The lowest BCUT2D eigenvalue weighted by atomic mass is 10.2. The van der Waals surface area contributed by atoms with E-state index in [1.807, 2.05) is 27.7 Å². The molecule has 0 N–H and O–H groups in total. The van der Waals surface area contributed by atoms with Crippen molar-refractivity contribution in [2.24, 2.45) is 0 Å². The van der Waals surface area contributed by atoms with Gasteiger partial charge in [0, 0.05) is 12.5 Å². The summed E-state index contributed by atoms with van der Waals surface area (Å²) in [6, 6.07) is 0. The van der Waals surface area contributed by atoms with Crippen molar-refractivity contribution in [3.05, 3.63) is 17.8 Å². The lowest BCUT2D eigenvalue weighted by Gasteiger charge is -2.25. The molecule has 0 aliphatic heterocycles. The first-order valence-corrected chi connectivity index (χ1v) is 6.81. The number of ether oxygens (including phenoxy) is 1. The first-order chi connectivity index (χ1) is 8.89. The molecule has 1 aliphatic rings. The molecule has 1 saturated carbocycles. The molecule has 0 radical (unpaired) electrons. The van der Waals surface area contributed by atoms with Crippen LogP contribution in [0.15, 0.2) is 10.7 Å². The van der Waals surface area contributed by atoms with E-state index in [0.29, 0.717) is 24.9 Å². The first kappa shape index (κ1) is 13.9. The Labute approximate surface area is 113 Å². The molecular weight excluding hydrogens is 244 g/mol. The van der Waals surface area contributed by atoms with E-state index in [0.717, 1.165) is 5.69 Å². The van der Waals surface area contributed by atoms with E-state index in [-0.39, 0.29) is 6.09 Å². The third-order valence-corrected chi connectivity index (χ3v) is 2.92. The molecule has 1 heterocycles. The number of carbonyl (C=O) groups is 1. The smallest absolute Gasteiger partial charge is 0.410 e. The average Bonchev–Trinajstić information content (AvgIpc) is 3.04. The highest BCUT2D eigenvalue weighted by molar-refractivity contribution is 5.67. The zero-order valence-electron chi connectivity index (χ0n) is 12.1. The second-order valence-electron chi connectivity index (χ2n) is 5.93. The molecule has 0 atom stereocenters. The van der Waals surface area contributed by atoms with E-state index >= 15 is 0 Å². The summed E-state index contributed by atoms with van der Waals surface area (Å²) in [6.07, 6.45) is 3.75. The highest BCUT2D eigenvalue weighted by Crippen LogP contribution is 2.39. The summed E-state index contributed by atoms with van der Waals surface area (Å²) in [4.78, 5) is 18.0. The summed E-state index contributed by atoms with van der Waals surface area (Å²) in [5.74, 6) is 1.14. The van der Waals surface area contributed by atoms with Crippen molar-refractivity contribution in [1.82, 2.24) is 9.88 Å². The molecule has 1 fully saturated rings. The maximum Gasteiger partial charge on any atom is 0.410 e. The Morgan fingerprint density at radius 2 is 2.21 bits per heavy atom. The van der Waals surface area contributed by atoms with Gasteiger partial charge in [-0.25, -0.2) is 9.78 Å². The summed E-state index contributed by atoms with van der Waals surface area (Å²) in [5.41, 5.74) is 0.524. The molecule has 1 aromatic heterocycles. The van der Waals surface area contributed by atoms with Crippen LogP contribution in [0.3, 0.4) is 0 Å². The van der Waals surface area contributed by atoms with E-state index in [2.05, 4.69) is 4.98 Å². The van der Waals surface area contributed by atoms with Gasteiger partial charge in [-0.15, -0.1) is 0 Å². The zero-order valence-corrected chi connectivity index (χ0v) is 12.1. The van der Waals surface area contributed by atoms with Crippen LogP contribution in [0.5, 0.6) is 0 Å². The van der Waals surface area contributed by atoms with Gasteiger partial charge < -0.3 is 9.15 Å². The molecule has 19 heavy (non-hydrogen) atoms. The molecule has 0 saturated heterocycles. The normalized spacial score (nSPS) is 15.4. The third kappa shape index (κ3) is 3.98. The Bertz CT molecular complexity index is 444. The minimum absolute atomic E-state index is 0.332. The Kier molecular flexibility index (Phi) is 3.83. The van der Waals surface area contributed by atoms with Gasteiger partial charge in [0.15, 0.2) is 0 Å². The molecule has 1 amide bonds. The number of hydrogen-bond acceptors (Lipinski definition) is 4. The number of amides is 1. The topological polar surface area (TPSA) is 55.6 Å². The van der Waals surface area contributed by atoms with Gasteiger partial charge >= 0.3 is 6.09 Å². The average molecular weight is 266 g/mol. The van der Waals surface area contributed by atoms with Crippen molar-refractivity contribution in [2.45, 2.75) is 58.6 Å². The largest absolute Gasteiger partial charge is 0.447 e. The van der Waals surface area contributed by atoms with Gasteiger partial charge in [-0.2, -0.15) is 0 Å². The number of aromatic nitrogens is 1. The quantitative estimate of drug-likeness (QED) is 0.839. The molecule has 0 bridgehead atoms. The molecule has 5 heteroatoms. The van der Waals surface area contributed by atoms with E-state index < -0.39 is 5.60 Å². The fourth-order valence-corrected chi connectivity index (χ4v) is 1.76. The lowest BCUT2D eigenvalue weighted by molar-refractivity contribution is 0.0229. The lowest BCUT2D eigenvalue weighted by Crippen LogP contribution is -2.36. The van der Waals surface area contributed by atoms with Gasteiger partial charge in [0.2, 0.25) is 5.89 Å².